The van der Waals surface area contributed by atoms with Crippen LogP contribution in [0.2, 0.25) is 5.02 Å². The number of nitrogens with zero attached hydrogens (tertiary/aromatic N) is 4. The number of carbonyl (C=O) groups excluding carboxylic acids is 1. The van der Waals surface area contributed by atoms with Crippen molar-refractivity contribution in [1.29, 1.82) is 0 Å². The number of rotatable bonds is 4. The highest BCUT2D eigenvalue weighted by Gasteiger charge is 2.23. The van der Waals surface area contributed by atoms with Crippen LogP contribution in [0.3, 0.4) is 0 Å². The molecule has 1 fully saturated rings. The third kappa shape index (κ3) is 4.22. The van der Waals surface area contributed by atoms with E-state index in [2.05, 4.69) is 10.00 Å². The zero-order valence-corrected chi connectivity index (χ0v) is 17.4. The summed E-state index contributed by atoms with van der Waals surface area (Å²) in [6, 6.07) is 11.7. The molecule has 1 amide bonds. The summed E-state index contributed by atoms with van der Waals surface area (Å²) in [5, 5.41) is 6.11. The quantitative estimate of drug-likeness (QED) is 0.641. The molecule has 0 bridgehead atoms. The van der Waals surface area contributed by atoms with E-state index in [1.54, 1.807) is 17.0 Å². The summed E-state index contributed by atoms with van der Waals surface area (Å²) in [5.74, 6) is -0.481. The monoisotopic (exact) mass is 428 g/mol. The average molecular weight is 429 g/mol. The normalized spacial score (nSPS) is 15.0. The Hall–Kier alpha value is -2.77. The lowest BCUT2D eigenvalue weighted by Crippen LogP contribution is -2.49. The molecule has 1 aliphatic heterocycles. The van der Waals surface area contributed by atoms with E-state index in [0.29, 0.717) is 43.1 Å². The lowest BCUT2D eigenvalue weighted by Gasteiger charge is -2.35. The van der Waals surface area contributed by atoms with Crippen molar-refractivity contribution < 1.29 is 9.18 Å². The van der Waals surface area contributed by atoms with Crippen LogP contribution in [0.5, 0.6) is 0 Å². The van der Waals surface area contributed by atoms with Gasteiger partial charge in [-0.1, -0.05) is 35.9 Å². The second kappa shape index (κ2) is 8.53. The van der Waals surface area contributed by atoms with Gasteiger partial charge in [-0.05, 0) is 30.7 Å². The largest absolute Gasteiger partial charge is 0.339 e. The molecule has 2 aromatic carbocycles. The summed E-state index contributed by atoms with van der Waals surface area (Å²) in [6.07, 6.45) is 0. The van der Waals surface area contributed by atoms with Gasteiger partial charge >= 0.3 is 0 Å². The Morgan fingerprint density at radius 1 is 1.10 bits per heavy atom. The molecule has 30 heavy (non-hydrogen) atoms. The van der Waals surface area contributed by atoms with Crippen LogP contribution in [0.1, 0.15) is 11.3 Å². The molecule has 0 unspecified atom stereocenters. The van der Waals surface area contributed by atoms with Crippen LogP contribution in [-0.4, -0.2) is 51.7 Å². The molecule has 1 aliphatic rings. The molecule has 0 atom stereocenters. The molecule has 3 aromatic rings. The van der Waals surface area contributed by atoms with Crippen molar-refractivity contribution >= 4 is 28.3 Å². The summed E-state index contributed by atoms with van der Waals surface area (Å²) < 4.78 is 14.5. The molecule has 0 saturated carbocycles. The standard InChI is InChI=1S/C22H22ClFN4O2/c1-15-18-4-2-3-5-19(18)22(30)28(25-15)14-21(29)27-10-8-26(9-11-27)13-16-6-7-17(24)12-20(16)23/h2-7,12H,8-11,13-14H2,1H3. The highest BCUT2D eigenvalue weighted by Crippen LogP contribution is 2.20. The third-order valence-corrected chi connectivity index (χ3v) is 5.82. The van der Waals surface area contributed by atoms with Crippen LogP contribution in [0.4, 0.5) is 4.39 Å². The fraction of sp³-hybridized carbons (Fsp3) is 0.318. The number of aromatic nitrogens is 2. The lowest BCUT2D eigenvalue weighted by atomic mass is 10.1. The van der Waals surface area contributed by atoms with Crippen molar-refractivity contribution in [3.8, 4) is 0 Å². The van der Waals surface area contributed by atoms with Crippen LogP contribution < -0.4 is 5.56 Å². The van der Waals surface area contributed by atoms with Crippen molar-refractivity contribution in [3.63, 3.8) is 0 Å². The summed E-state index contributed by atoms with van der Waals surface area (Å²) in [4.78, 5) is 29.4. The van der Waals surface area contributed by atoms with Crippen LogP contribution >= 0.6 is 11.6 Å². The molecule has 0 spiro atoms. The van der Waals surface area contributed by atoms with Gasteiger partial charge in [0.25, 0.3) is 5.56 Å². The molecule has 1 saturated heterocycles. The first kappa shape index (κ1) is 20.5. The molecule has 4 rings (SSSR count). The predicted molar refractivity (Wildman–Crippen MR) is 114 cm³/mol. The zero-order valence-electron chi connectivity index (χ0n) is 16.6. The minimum Gasteiger partial charge on any atom is -0.339 e. The molecule has 156 valence electrons. The maximum absolute atomic E-state index is 13.2. The topological polar surface area (TPSA) is 58.4 Å². The highest BCUT2D eigenvalue weighted by molar-refractivity contribution is 6.31. The van der Waals surface area contributed by atoms with Crippen LogP contribution in [0.15, 0.2) is 47.3 Å². The van der Waals surface area contributed by atoms with Crippen LogP contribution in [-0.2, 0) is 17.9 Å². The number of amides is 1. The number of hydrogen-bond donors (Lipinski definition) is 0. The van der Waals surface area contributed by atoms with Crippen molar-refractivity contribution in [2.45, 2.75) is 20.0 Å². The number of halogens is 2. The molecule has 6 nitrogen and oxygen atoms in total. The Kier molecular flexibility index (Phi) is 5.83. The maximum atomic E-state index is 13.2. The van der Waals surface area contributed by atoms with Gasteiger partial charge in [-0.25, -0.2) is 9.07 Å². The summed E-state index contributed by atoms with van der Waals surface area (Å²) in [6.45, 7) is 4.83. The summed E-state index contributed by atoms with van der Waals surface area (Å²) >= 11 is 6.12. The van der Waals surface area contributed by atoms with Gasteiger partial charge in [0.15, 0.2) is 0 Å². The van der Waals surface area contributed by atoms with Crippen molar-refractivity contribution in [1.82, 2.24) is 19.6 Å². The van der Waals surface area contributed by atoms with Gasteiger partial charge in [-0.3, -0.25) is 14.5 Å². The highest BCUT2D eigenvalue weighted by atomic mass is 35.5. The number of aryl methyl sites for hydroxylation is 1. The Balaban J connectivity index is 1.40. The molecule has 2 heterocycles. The second-order valence-corrected chi connectivity index (χ2v) is 7.89. The van der Waals surface area contributed by atoms with E-state index in [4.69, 9.17) is 11.6 Å². The zero-order chi connectivity index (χ0) is 21.3. The average Bonchev–Trinajstić information content (AvgIpc) is 2.74. The summed E-state index contributed by atoms with van der Waals surface area (Å²) in [7, 11) is 0. The minimum atomic E-state index is -0.355. The molecular formula is C22H22ClFN4O2. The number of hydrogen-bond acceptors (Lipinski definition) is 4. The van der Waals surface area contributed by atoms with E-state index in [9.17, 15) is 14.0 Å². The molecular weight excluding hydrogens is 407 g/mol. The van der Waals surface area contributed by atoms with Crippen LogP contribution in [0.25, 0.3) is 10.8 Å². The Labute approximate surface area is 178 Å². The van der Waals surface area contributed by atoms with Gasteiger partial charge < -0.3 is 4.90 Å². The first-order valence-corrected chi connectivity index (χ1v) is 10.2. The maximum Gasteiger partial charge on any atom is 0.275 e. The fourth-order valence-corrected chi connectivity index (χ4v) is 4.01. The van der Waals surface area contributed by atoms with Gasteiger partial charge in [-0.2, -0.15) is 5.10 Å². The van der Waals surface area contributed by atoms with E-state index >= 15 is 0 Å². The Bertz CT molecular complexity index is 1160. The molecule has 1 aromatic heterocycles. The minimum absolute atomic E-state index is 0.0751. The molecule has 0 radical (unpaired) electrons. The van der Waals surface area contributed by atoms with Crippen molar-refractivity contribution in [2.75, 3.05) is 26.2 Å². The smallest absolute Gasteiger partial charge is 0.275 e. The number of benzene rings is 2. The number of carbonyl (C=O) groups is 1. The first-order chi connectivity index (χ1) is 14.4. The van der Waals surface area contributed by atoms with Crippen molar-refractivity contribution in [3.05, 3.63) is 74.9 Å². The van der Waals surface area contributed by atoms with Gasteiger partial charge in [0.05, 0.1) is 11.1 Å². The van der Waals surface area contributed by atoms with Crippen LogP contribution in [0, 0.1) is 12.7 Å². The Morgan fingerprint density at radius 2 is 1.80 bits per heavy atom. The van der Waals surface area contributed by atoms with Crippen molar-refractivity contribution in [2.24, 2.45) is 0 Å². The second-order valence-electron chi connectivity index (χ2n) is 7.49. The van der Waals surface area contributed by atoms with E-state index in [-0.39, 0.29) is 23.8 Å². The predicted octanol–water partition coefficient (Wildman–Crippen LogP) is 2.84. The lowest BCUT2D eigenvalue weighted by molar-refractivity contribution is -0.133. The van der Waals surface area contributed by atoms with Gasteiger partial charge in [0, 0.05) is 43.1 Å². The van der Waals surface area contributed by atoms with E-state index < -0.39 is 0 Å². The molecule has 0 N–H and O–H groups in total. The molecule has 0 aliphatic carbocycles. The molecule has 8 heteroatoms. The Morgan fingerprint density at radius 3 is 2.50 bits per heavy atom. The number of piperazine rings is 1. The third-order valence-electron chi connectivity index (χ3n) is 5.47. The number of fused-ring (bicyclic) bond motifs is 1. The summed E-state index contributed by atoms with van der Waals surface area (Å²) in [5.41, 5.74) is 1.33. The van der Waals surface area contributed by atoms with Gasteiger partial charge in [0.2, 0.25) is 5.91 Å². The van der Waals surface area contributed by atoms with E-state index in [1.807, 2.05) is 25.1 Å². The fourth-order valence-electron chi connectivity index (χ4n) is 3.79. The van der Waals surface area contributed by atoms with E-state index in [0.717, 1.165) is 16.6 Å². The SMILES string of the molecule is Cc1nn(CC(=O)N2CCN(Cc3ccc(F)cc3Cl)CC2)c(=O)c2ccccc12. The van der Waals surface area contributed by atoms with E-state index in [1.165, 1.54) is 16.8 Å². The van der Waals surface area contributed by atoms with Gasteiger partial charge in [0.1, 0.15) is 12.4 Å². The van der Waals surface area contributed by atoms with Gasteiger partial charge in [-0.15, -0.1) is 0 Å². The first-order valence-electron chi connectivity index (χ1n) is 9.83.